The summed E-state index contributed by atoms with van der Waals surface area (Å²) < 4.78 is 19.4. The first kappa shape index (κ1) is 28.5. The average Bonchev–Trinajstić information content (AvgIpc) is 3.60. The monoisotopic (exact) mass is 605 g/mol. The van der Waals surface area contributed by atoms with Crippen LogP contribution in [-0.4, -0.2) is 38.5 Å². The zero-order chi connectivity index (χ0) is 29.3. The third-order valence-corrected chi connectivity index (χ3v) is 9.06. The Labute approximate surface area is 249 Å². The van der Waals surface area contributed by atoms with Crippen molar-refractivity contribution in [3.05, 3.63) is 95.5 Å². The Hall–Kier alpha value is -3.59. The number of rotatable bonds is 8. The second-order valence-corrected chi connectivity index (χ2v) is 13.7. The molecule has 0 aliphatic carbocycles. The third kappa shape index (κ3) is 6.41. The lowest BCUT2D eigenvalue weighted by Gasteiger charge is -2.40. The molecule has 6 rings (SSSR count). The number of fused-ring (bicyclic) bond motifs is 1. The first-order chi connectivity index (χ1) is 20.2. The van der Waals surface area contributed by atoms with Gasteiger partial charge in [0, 0.05) is 34.5 Å². The molecule has 1 fully saturated rings. The summed E-state index contributed by atoms with van der Waals surface area (Å²) in [6.45, 7) is 4.98. The molecule has 0 saturated carbocycles. The fourth-order valence-corrected chi connectivity index (χ4v) is 6.81. The molecule has 0 spiro atoms. The van der Waals surface area contributed by atoms with Gasteiger partial charge in [-0.2, -0.15) is 4.98 Å². The Morgan fingerprint density at radius 2 is 1.76 bits per heavy atom. The molecule has 0 bridgehead atoms. The molecule has 0 unspecified atom stereocenters. The Bertz CT molecular complexity index is 1710. The van der Waals surface area contributed by atoms with E-state index in [4.69, 9.17) is 30.0 Å². The fourth-order valence-electron chi connectivity index (χ4n) is 4.65. The normalized spacial score (nSPS) is 16.0. The molecule has 2 N–H and O–H groups in total. The minimum absolute atomic E-state index is 0.114. The van der Waals surface area contributed by atoms with Gasteiger partial charge in [-0.05, 0) is 42.0 Å². The zero-order valence-corrected chi connectivity index (χ0v) is 24.9. The fraction of sp³-hybridized carbons (Fsp3) is 0.258. The van der Waals surface area contributed by atoms with Gasteiger partial charge in [0.15, 0.2) is 0 Å². The van der Waals surface area contributed by atoms with Crippen LogP contribution in [-0.2, 0) is 26.4 Å². The van der Waals surface area contributed by atoms with Gasteiger partial charge in [0.1, 0.15) is 17.8 Å². The summed E-state index contributed by atoms with van der Waals surface area (Å²) in [5.74, 6) is 0.423. The van der Waals surface area contributed by atoms with E-state index >= 15 is 0 Å². The molecule has 42 heavy (non-hydrogen) atoms. The molecule has 9 nitrogen and oxygen atoms in total. The number of carbonyl (C=O) groups excluding carboxylic acids is 1. The van der Waals surface area contributed by atoms with Gasteiger partial charge >= 0.3 is 6.01 Å². The number of hydrogen-bond acceptors (Lipinski definition) is 7. The number of nitrogens with zero attached hydrogens (tertiary/aromatic N) is 3. The van der Waals surface area contributed by atoms with Crippen molar-refractivity contribution in [2.45, 2.75) is 32.9 Å². The van der Waals surface area contributed by atoms with E-state index in [9.17, 15) is 9.69 Å². The van der Waals surface area contributed by atoms with Crippen molar-refractivity contribution in [1.82, 2.24) is 14.5 Å². The van der Waals surface area contributed by atoms with E-state index in [-0.39, 0.29) is 17.7 Å². The van der Waals surface area contributed by atoms with Crippen LogP contribution in [0.15, 0.2) is 83.5 Å². The van der Waals surface area contributed by atoms with Gasteiger partial charge in [0.2, 0.25) is 13.9 Å². The smallest absolute Gasteiger partial charge is 0.308 e. The SMILES string of the molecule is CC1(C)CO[P](O)(Cc2ccc(NC(=O)CCc3oc(-n4cnc5ccccc54)nc3-c3ccc(Cl)cc3)cc2)OC1. The topological polar surface area (TPSA) is 112 Å². The molecule has 5 aromatic rings. The molecule has 11 heteroatoms. The average molecular weight is 606 g/mol. The standard InChI is InChI=1S/C31H31ClN4O5P/c1-31(2)18-39-42(38,40-19-31)17-21-7-13-24(14-8-21)34-28(37)16-15-27-29(22-9-11-23(32)12-10-22)35-30(41-27)36-20-33-25-5-3-4-6-26(25)36/h3-14,20,38H,15-19H2,1-2H3,(H,34,37). The van der Waals surface area contributed by atoms with Crippen molar-refractivity contribution < 1.29 is 23.2 Å². The molecule has 1 radical (unpaired) electrons. The van der Waals surface area contributed by atoms with E-state index in [1.165, 1.54) is 0 Å². The highest BCUT2D eigenvalue weighted by Gasteiger charge is 2.38. The Kier molecular flexibility index (Phi) is 7.87. The van der Waals surface area contributed by atoms with Gasteiger partial charge in [-0.25, -0.2) is 4.98 Å². The van der Waals surface area contributed by atoms with Gasteiger partial charge in [0.05, 0.1) is 30.4 Å². The summed E-state index contributed by atoms with van der Waals surface area (Å²) in [6, 6.07) is 22.8. The van der Waals surface area contributed by atoms with Crippen LogP contribution in [0.25, 0.3) is 28.3 Å². The van der Waals surface area contributed by atoms with Crippen molar-refractivity contribution in [3.63, 3.8) is 0 Å². The minimum atomic E-state index is -2.93. The number of carbonyl (C=O) groups is 1. The number of anilines is 1. The summed E-state index contributed by atoms with van der Waals surface area (Å²) >= 11 is 6.11. The van der Waals surface area contributed by atoms with Gasteiger partial charge < -0.3 is 23.7 Å². The maximum Gasteiger partial charge on any atom is 0.308 e. The van der Waals surface area contributed by atoms with Crippen LogP contribution in [0.5, 0.6) is 0 Å². The molecule has 2 aromatic heterocycles. The number of oxazole rings is 1. The van der Waals surface area contributed by atoms with Gasteiger partial charge in [-0.1, -0.05) is 61.8 Å². The Balaban J connectivity index is 1.14. The van der Waals surface area contributed by atoms with Gasteiger partial charge in [-0.15, -0.1) is 0 Å². The molecule has 3 heterocycles. The Morgan fingerprint density at radius 3 is 2.50 bits per heavy atom. The first-order valence-corrected chi connectivity index (χ1v) is 15.8. The maximum absolute atomic E-state index is 12.9. The molecule has 1 aliphatic rings. The van der Waals surface area contributed by atoms with Crippen molar-refractivity contribution in [1.29, 1.82) is 0 Å². The van der Waals surface area contributed by atoms with Crippen molar-refractivity contribution >= 4 is 42.2 Å². The molecule has 217 valence electrons. The van der Waals surface area contributed by atoms with Gasteiger partial charge in [0.25, 0.3) is 0 Å². The van der Waals surface area contributed by atoms with Crippen LogP contribution in [0.4, 0.5) is 5.69 Å². The van der Waals surface area contributed by atoms with E-state index in [1.807, 2.05) is 74.5 Å². The molecule has 1 amide bonds. The largest absolute Gasteiger partial charge is 0.427 e. The second kappa shape index (κ2) is 11.6. The highest BCUT2D eigenvalue weighted by atomic mass is 35.5. The number of benzene rings is 3. The van der Waals surface area contributed by atoms with Crippen LogP contribution >= 0.6 is 19.5 Å². The van der Waals surface area contributed by atoms with E-state index in [2.05, 4.69) is 10.3 Å². The van der Waals surface area contributed by atoms with E-state index in [1.54, 1.807) is 23.0 Å². The summed E-state index contributed by atoms with van der Waals surface area (Å²) in [5, 5.41) is 3.56. The van der Waals surface area contributed by atoms with E-state index < -0.39 is 7.94 Å². The molecule has 3 aromatic carbocycles. The highest BCUT2D eigenvalue weighted by molar-refractivity contribution is 7.59. The Morgan fingerprint density at radius 1 is 1.05 bits per heavy atom. The first-order valence-electron chi connectivity index (χ1n) is 13.6. The predicted octanol–water partition coefficient (Wildman–Crippen LogP) is 7.23. The number of imidazole rings is 1. The number of nitrogens with one attached hydrogen (secondary N) is 1. The number of aryl methyl sites for hydroxylation is 1. The van der Waals surface area contributed by atoms with Crippen molar-refractivity contribution in [2.75, 3.05) is 18.5 Å². The van der Waals surface area contributed by atoms with Crippen LogP contribution < -0.4 is 5.32 Å². The van der Waals surface area contributed by atoms with Gasteiger partial charge in [-0.3, -0.25) is 9.36 Å². The van der Waals surface area contributed by atoms with Crippen LogP contribution in [0.1, 0.15) is 31.6 Å². The van der Waals surface area contributed by atoms with Crippen LogP contribution in [0.3, 0.4) is 0 Å². The molecule has 0 atom stereocenters. The summed E-state index contributed by atoms with van der Waals surface area (Å²) in [6.07, 6.45) is 2.50. The zero-order valence-electron chi connectivity index (χ0n) is 23.3. The molecule has 1 saturated heterocycles. The number of halogens is 1. The molecular formula is C31H31ClN4O5P. The second-order valence-electron chi connectivity index (χ2n) is 11.1. The quantitative estimate of drug-likeness (QED) is 0.179. The summed E-state index contributed by atoms with van der Waals surface area (Å²) in [5.41, 5.74) is 4.59. The number of para-hydroxylation sites is 2. The maximum atomic E-state index is 12.9. The number of aromatic nitrogens is 3. The molecular weight excluding hydrogens is 575 g/mol. The number of amides is 1. The lowest BCUT2D eigenvalue weighted by molar-refractivity contribution is -0.116. The third-order valence-electron chi connectivity index (χ3n) is 6.98. The summed E-state index contributed by atoms with van der Waals surface area (Å²) in [7, 11) is -2.93. The van der Waals surface area contributed by atoms with E-state index in [0.717, 1.165) is 22.2 Å². The van der Waals surface area contributed by atoms with E-state index in [0.29, 0.717) is 54.0 Å². The molecule has 1 aliphatic heterocycles. The van der Waals surface area contributed by atoms with Crippen LogP contribution in [0, 0.1) is 5.41 Å². The highest BCUT2D eigenvalue weighted by Crippen LogP contribution is 2.63. The van der Waals surface area contributed by atoms with Crippen molar-refractivity contribution in [3.8, 4) is 17.3 Å². The predicted molar refractivity (Wildman–Crippen MR) is 163 cm³/mol. The summed E-state index contributed by atoms with van der Waals surface area (Å²) in [4.78, 5) is 32.9. The number of hydrogen-bond donors (Lipinski definition) is 2. The minimum Gasteiger partial charge on any atom is -0.427 e. The van der Waals surface area contributed by atoms with Crippen molar-refractivity contribution in [2.24, 2.45) is 5.41 Å². The lowest BCUT2D eigenvalue weighted by atomic mass is 9.97. The lowest BCUT2D eigenvalue weighted by Crippen LogP contribution is -2.31. The van der Waals surface area contributed by atoms with Crippen LogP contribution in [0.2, 0.25) is 5.02 Å².